The van der Waals surface area contributed by atoms with Crippen LogP contribution in [0.15, 0.2) is 48.5 Å². The van der Waals surface area contributed by atoms with Crippen molar-refractivity contribution >= 4 is 5.69 Å². The molecule has 0 amide bonds. The smallest absolute Gasteiger partial charge is 0.399 e. The van der Waals surface area contributed by atoms with Gasteiger partial charge in [0.2, 0.25) is 0 Å². The Hall–Kier alpha value is -1.10. The van der Waals surface area contributed by atoms with Crippen molar-refractivity contribution in [3.8, 4) is 11.1 Å². The zero-order valence-corrected chi connectivity index (χ0v) is 9.07. The first-order chi connectivity index (χ1) is 6.38. The first-order valence-electron chi connectivity index (χ1n) is 4.19. The number of anilines is 1. The largest absolute Gasteiger partial charge is 2.00 e. The van der Waals surface area contributed by atoms with Gasteiger partial charge in [-0.1, -0.05) is 23.8 Å². The number of hydrogen-bond donors (Lipinski definition) is 1. The second-order valence-electron chi connectivity index (χ2n) is 2.88. The van der Waals surface area contributed by atoms with E-state index >= 15 is 0 Å². The molecule has 0 saturated carbocycles. The molecule has 2 heteroatoms. The van der Waals surface area contributed by atoms with Crippen LogP contribution in [0.3, 0.4) is 0 Å². The van der Waals surface area contributed by atoms with Gasteiger partial charge in [0.05, 0.1) is 0 Å². The molecule has 0 unspecified atom stereocenters. The number of hydrogen-bond acceptors (Lipinski definition) is 1. The van der Waals surface area contributed by atoms with E-state index in [0.717, 1.165) is 16.8 Å². The molecule has 0 fully saturated rings. The second-order valence-corrected chi connectivity index (χ2v) is 2.88. The first-order valence-corrected chi connectivity index (χ1v) is 4.19. The van der Waals surface area contributed by atoms with Crippen molar-refractivity contribution in [3.05, 3.63) is 54.6 Å². The predicted octanol–water partition coefficient (Wildman–Crippen LogP) is 2.73. The monoisotopic (exact) mass is 274 g/mol. The van der Waals surface area contributed by atoms with Gasteiger partial charge in [0.1, 0.15) is 0 Å². The normalized spacial score (nSPS) is 9.14. The van der Waals surface area contributed by atoms with Crippen LogP contribution in [0, 0.1) is 6.07 Å². The van der Waals surface area contributed by atoms with E-state index in [1.54, 1.807) is 0 Å². The van der Waals surface area contributed by atoms with Crippen LogP contribution >= 0.6 is 0 Å². The third-order valence-electron chi connectivity index (χ3n) is 1.98. The number of benzene rings is 2. The van der Waals surface area contributed by atoms with Gasteiger partial charge in [-0.2, -0.15) is 30.3 Å². The summed E-state index contributed by atoms with van der Waals surface area (Å²) in [5, 5.41) is 0. The summed E-state index contributed by atoms with van der Waals surface area (Å²) < 4.78 is 0. The number of rotatable bonds is 1. The molecule has 0 aromatic heterocycles. The van der Waals surface area contributed by atoms with Crippen LogP contribution in [0.2, 0.25) is 0 Å². The molecule has 0 aliphatic rings. The molecule has 0 aliphatic carbocycles. The maximum atomic E-state index is 5.84. The summed E-state index contributed by atoms with van der Waals surface area (Å²) in [4.78, 5) is 0. The molecule has 2 aromatic rings. The summed E-state index contributed by atoms with van der Waals surface area (Å²) in [6.45, 7) is 0. The number of nitrogen functional groups attached to an aromatic ring is 1. The van der Waals surface area contributed by atoms with Crippen LogP contribution < -0.4 is 5.73 Å². The van der Waals surface area contributed by atoms with Crippen LogP contribution in [0.1, 0.15) is 0 Å². The Morgan fingerprint density at radius 1 is 1.00 bits per heavy atom. The minimum Gasteiger partial charge on any atom is -0.399 e. The van der Waals surface area contributed by atoms with E-state index < -0.39 is 0 Å². The van der Waals surface area contributed by atoms with E-state index in [2.05, 4.69) is 6.07 Å². The van der Waals surface area contributed by atoms with Crippen LogP contribution in [0.4, 0.5) is 5.69 Å². The zero-order chi connectivity index (χ0) is 9.10. The van der Waals surface area contributed by atoms with Crippen LogP contribution in [0.25, 0.3) is 11.1 Å². The minimum absolute atomic E-state index is 0. The summed E-state index contributed by atoms with van der Waals surface area (Å²) in [5.74, 6) is 0. The molecule has 72 valence electrons. The standard InChI is InChI=1S/C12H10N.Pd/c13-12-9-5-4-8-11(12)10-6-2-1-3-7-10;/h1-2,4-9H,13H2;/q-1;+2. The van der Waals surface area contributed by atoms with E-state index in [-0.39, 0.29) is 20.4 Å². The fraction of sp³-hybridized carbons (Fsp3) is 0. The fourth-order valence-corrected chi connectivity index (χ4v) is 1.32. The maximum absolute atomic E-state index is 5.84. The van der Waals surface area contributed by atoms with Gasteiger partial charge in [0.25, 0.3) is 0 Å². The molecule has 2 N–H and O–H groups in total. The predicted molar refractivity (Wildman–Crippen MR) is 55.1 cm³/mol. The van der Waals surface area contributed by atoms with Crippen molar-refractivity contribution in [2.45, 2.75) is 0 Å². The average molecular weight is 275 g/mol. The molecule has 0 bridgehead atoms. The van der Waals surface area contributed by atoms with Gasteiger partial charge in [-0.15, -0.1) is 5.56 Å². The molecular formula is C12H10NPd+. The molecule has 0 atom stereocenters. The number of para-hydroxylation sites is 1. The fourth-order valence-electron chi connectivity index (χ4n) is 1.32. The van der Waals surface area contributed by atoms with Crippen LogP contribution in [0.5, 0.6) is 0 Å². The molecule has 0 heterocycles. The molecule has 0 saturated heterocycles. The van der Waals surface area contributed by atoms with Crippen molar-refractivity contribution in [2.75, 3.05) is 5.73 Å². The summed E-state index contributed by atoms with van der Waals surface area (Å²) in [5.41, 5.74) is 8.83. The van der Waals surface area contributed by atoms with Gasteiger partial charge in [-0.05, 0) is 6.07 Å². The topological polar surface area (TPSA) is 26.0 Å². The van der Waals surface area contributed by atoms with Gasteiger partial charge in [0, 0.05) is 5.69 Å². The van der Waals surface area contributed by atoms with Crippen molar-refractivity contribution < 1.29 is 20.4 Å². The van der Waals surface area contributed by atoms with Crippen molar-refractivity contribution in [1.29, 1.82) is 0 Å². The molecular weight excluding hydrogens is 265 g/mol. The molecule has 14 heavy (non-hydrogen) atoms. The average Bonchev–Trinajstić information content (AvgIpc) is 2.20. The Bertz CT molecular complexity index is 398. The molecule has 1 nitrogen and oxygen atoms in total. The first kappa shape index (κ1) is 11.0. The summed E-state index contributed by atoms with van der Waals surface area (Å²) >= 11 is 0. The van der Waals surface area contributed by atoms with Crippen molar-refractivity contribution in [3.63, 3.8) is 0 Å². The molecule has 2 aromatic carbocycles. The van der Waals surface area contributed by atoms with E-state index in [9.17, 15) is 0 Å². The second kappa shape index (κ2) is 4.95. The van der Waals surface area contributed by atoms with Gasteiger partial charge in [-0.3, -0.25) is 0 Å². The third kappa shape index (κ3) is 2.23. The maximum Gasteiger partial charge on any atom is 2.00 e. The minimum atomic E-state index is 0. The molecule has 0 radical (unpaired) electrons. The Morgan fingerprint density at radius 3 is 2.43 bits per heavy atom. The summed E-state index contributed by atoms with van der Waals surface area (Å²) in [7, 11) is 0. The van der Waals surface area contributed by atoms with E-state index in [0.29, 0.717) is 0 Å². The summed E-state index contributed by atoms with van der Waals surface area (Å²) in [6.07, 6.45) is 0. The van der Waals surface area contributed by atoms with E-state index in [4.69, 9.17) is 5.73 Å². The summed E-state index contributed by atoms with van der Waals surface area (Å²) in [6, 6.07) is 18.7. The zero-order valence-electron chi connectivity index (χ0n) is 7.51. The van der Waals surface area contributed by atoms with Gasteiger partial charge >= 0.3 is 20.4 Å². The van der Waals surface area contributed by atoms with Crippen molar-refractivity contribution in [2.24, 2.45) is 0 Å². The SMILES string of the molecule is Nc1ccccc1-c1c[c-]ccc1.[Pd+2]. The molecule has 0 spiro atoms. The molecule has 2 rings (SSSR count). The number of nitrogens with two attached hydrogens (primary N) is 1. The van der Waals surface area contributed by atoms with E-state index in [1.807, 2.05) is 48.5 Å². The van der Waals surface area contributed by atoms with Crippen LogP contribution in [-0.2, 0) is 20.4 Å². The van der Waals surface area contributed by atoms with Crippen molar-refractivity contribution in [1.82, 2.24) is 0 Å². The quantitative estimate of drug-likeness (QED) is 0.483. The van der Waals surface area contributed by atoms with Gasteiger partial charge < -0.3 is 5.73 Å². The van der Waals surface area contributed by atoms with Gasteiger partial charge in [0.15, 0.2) is 0 Å². The Morgan fingerprint density at radius 2 is 1.79 bits per heavy atom. The van der Waals surface area contributed by atoms with Gasteiger partial charge in [-0.25, -0.2) is 0 Å². The Balaban J connectivity index is 0.000000980. The Labute approximate surface area is 97.6 Å². The van der Waals surface area contributed by atoms with E-state index in [1.165, 1.54) is 0 Å². The van der Waals surface area contributed by atoms with Crippen LogP contribution in [-0.4, -0.2) is 0 Å². The Kier molecular flexibility index (Phi) is 3.88. The third-order valence-corrected chi connectivity index (χ3v) is 1.98. The molecule has 0 aliphatic heterocycles.